The topological polar surface area (TPSA) is 38.8 Å². The molecule has 0 bridgehead atoms. The Bertz CT molecular complexity index is 742. The summed E-state index contributed by atoms with van der Waals surface area (Å²) in [5.41, 5.74) is 3.49. The molecule has 0 heterocycles. The quantitative estimate of drug-likeness (QED) is 0.689. The van der Waals surface area contributed by atoms with Gasteiger partial charge in [0.25, 0.3) is 0 Å². The molecule has 0 N–H and O–H groups in total. The standard InChI is InChI=1S/C22H29NO3/c1-6-23(18(4)19-8-7-9-20(15-19)25-5)22(24)12-13-26-21-11-10-16(2)17(3)14-21/h7-11,14-15,18H,6,12-13H2,1-5H3. The first kappa shape index (κ1) is 19.8. The molecule has 0 saturated heterocycles. The van der Waals surface area contributed by atoms with Gasteiger partial charge in [-0.1, -0.05) is 18.2 Å². The Kier molecular flexibility index (Phi) is 7.07. The van der Waals surface area contributed by atoms with Crippen molar-refractivity contribution in [2.45, 2.75) is 40.2 Å². The number of methoxy groups -OCH3 is 1. The van der Waals surface area contributed by atoms with Gasteiger partial charge in [-0.2, -0.15) is 0 Å². The van der Waals surface area contributed by atoms with Gasteiger partial charge in [0.15, 0.2) is 0 Å². The van der Waals surface area contributed by atoms with E-state index in [1.807, 2.05) is 61.2 Å². The SMILES string of the molecule is CCN(C(=O)CCOc1ccc(C)c(C)c1)C(C)c1cccc(OC)c1. The number of aryl methyl sites for hydroxylation is 2. The molecule has 0 aliphatic carbocycles. The van der Waals surface area contributed by atoms with Crippen LogP contribution < -0.4 is 9.47 Å². The summed E-state index contributed by atoms with van der Waals surface area (Å²) in [6.45, 7) is 9.20. The third-order valence-electron chi connectivity index (χ3n) is 4.77. The van der Waals surface area contributed by atoms with E-state index in [-0.39, 0.29) is 11.9 Å². The zero-order valence-electron chi connectivity index (χ0n) is 16.4. The molecule has 2 aromatic carbocycles. The fourth-order valence-electron chi connectivity index (χ4n) is 2.95. The molecule has 2 rings (SSSR count). The molecule has 0 spiro atoms. The van der Waals surface area contributed by atoms with E-state index in [4.69, 9.17) is 9.47 Å². The van der Waals surface area contributed by atoms with Crippen LogP contribution in [0.5, 0.6) is 11.5 Å². The number of carbonyl (C=O) groups excluding carboxylic acids is 1. The van der Waals surface area contributed by atoms with Crippen molar-refractivity contribution >= 4 is 5.91 Å². The molecule has 0 saturated carbocycles. The van der Waals surface area contributed by atoms with E-state index in [9.17, 15) is 4.79 Å². The number of nitrogens with zero attached hydrogens (tertiary/aromatic N) is 1. The van der Waals surface area contributed by atoms with E-state index in [2.05, 4.69) is 13.8 Å². The van der Waals surface area contributed by atoms with Crippen molar-refractivity contribution in [2.24, 2.45) is 0 Å². The lowest BCUT2D eigenvalue weighted by molar-refractivity contribution is -0.133. The van der Waals surface area contributed by atoms with Crippen LogP contribution in [0.25, 0.3) is 0 Å². The van der Waals surface area contributed by atoms with Crippen molar-refractivity contribution in [3.8, 4) is 11.5 Å². The fourth-order valence-corrected chi connectivity index (χ4v) is 2.95. The lowest BCUT2D eigenvalue weighted by atomic mass is 10.1. The maximum Gasteiger partial charge on any atom is 0.226 e. The van der Waals surface area contributed by atoms with E-state index >= 15 is 0 Å². The van der Waals surface area contributed by atoms with Gasteiger partial charge in [0.05, 0.1) is 26.2 Å². The first-order valence-electron chi connectivity index (χ1n) is 9.09. The summed E-state index contributed by atoms with van der Waals surface area (Å²) in [5.74, 6) is 1.70. The molecule has 0 fully saturated rings. The van der Waals surface area contributed by atoms with E-state index in [0.717, 1.165) is 17.1 Å². The Labute approximate surface area is 156 Å². The molecule has 1 amide bonds. The maximum atomic E-state index is 12.7. The van der Waals surface area contributed by atoms with Crippen molar-refractivity contribution < 1.29 is 14.3 Å². The normalized spacial score (nSPS) is 11.7. The highest BCUT2D eigenvalue weighted by Crippen LogP contribution is 2.24. The zero-order valence-corrected chi connectivity index (χ0v) is 16.4. The van der Waals surface area contributed by atoms with Crippen LogP contribution >= 0.6 is 0 Å². The summed E-state index contributed by atoms with van der Waals surface area (Å²) in [7, 11) is 1.65. The first-order chi connectivity index (χ1) is 12.5. The number of rotatable bonds is 8. The third-order valence-corrected chi connectivity index (χ3v) is 4.77. The molecule has 2 aromatic rings. The highest BCUT2D eigenvalue weighted by Gasteiger charge is 2.20. The lowest BCUT2D eigenvalue weighted by Crippen LogP contribution is -2.34. The minimum absolute atomic E-state index is 0.00998. The zero-order chi connectivity index (χ0) is 19.1. The number of amides is 1. The van der Waals surface area contributed by atoms with Gasteiger partial charge in [-0.25, -0.2) is 0 Å². The van der Waals surface area contributed by atoms with Gasteiger partial charge in [-0.05, 0) is 68.7 Å². The van der Waals surface area contributed by atoms with Crippen molar-refractivity contribution in [1.29, 1.82) is 0 Å². The summed E-state index contributed by atoms with van der Waals surface area (Å²) < 4.78 is 11.0. The smallest absolute Gasteiger partial charge is 0.226 e. The average molecular weight is 355 g/mol. The Morgan fingerprint density at radius 3 is 2.50 bits per heavy atom. The molecule has 0 aliphatic heterocycles. The minimum Gasteiger partial charge on any atom is -0.497 e. The van der Waals surface area contributed by atoms with Crippen LogP contribution in [0.2, 0.25) is 0 Å². The van der Waals surface area contributed by atoms with E-state index in [0.29, 0.717) is 19.6 Å². The number of hydrogen-bond donors (Lipinski definition) is 0. The predicted octanol–water partition coefficient (Wildman–Crippen LogP) is 4.69. The Morgan fingerprint density at radius 1 is 1.08 bits per heavy atom. The van der Waals surface area contributed by atoms with Crippen molar-refractivity contribution in [1.82, 2.24) is 4.90 Å². The van der Waals surface area contributed by atoms with Crippen LogP contribution in [0.15, 0.2) is 42.5 Å². The molecule has 1 unspecified atom stereocenters. The van der Waals surface area contributed by atoms with Crippen LogP contribution in [0, 0.1) is 13.8 Å². The molecule has 1 atom stereocenters. The molecule has 0 radical (unpaired) electrons. The highest BCUT2D eigenvalue weighted by molar-refractivity contribution is 5.76. The number of benzene rings is 2. The largest absolute Gasteiger partial charge is 0.497 e. The van der Waals surface area contributed by atoms with Crippen molar-refractivity contribution in [3.63, 3.8) is 0 Å². The molecule has 26 heavy (non-hydrogen) atoms. The molecular weight excluding hydrogens is 326 g/mol. The summed E-state index contributed by atoms with van der Waals surface area (Å²) in [5, 5.41) is 0. The van der Waals surface area contributed by atoms with Gasteiger partial charge in [-0.3, -0.25) is 4.79 Å². The molecule has 140 valence electrons. The van der Waals surface area contributed by atoms with Gasteiger partial charge in [-0.15, -0.1) is 0 Å². The molecule has 0 aliphatic rings. The van der Waals surface area contributed by atoms with Crippen LogP contribution in [0.1, 0.15) is 43.0 Å². The fraction of sp³-hybridized carbons (Fsp3) is 0.409. The van der Waals surface area contributed by atoms with Gasteiger partial charge < -0.3 is 14.4 Å². The van der Waals surface area contributed by atoms with E-state index in [1.165, 1.54) is 11.1 Å². The minimum atomic E-state index is -0.00998. The summed E-state index contributed by atoms with van der Waals surface area (Å²) in [6.07, 6.45) is 0.356. The van der Waals surface area contributed by atoms with Gasteiger partial charge in [0, 0.05) is 6.54 Å². The number of carbonyl (C=O) groups is 1. The van der Waals surface area contributed by atoms with Gasteiger partial charge in [0.2, 0.25) is 5.91 Å². The third kappa shape index (κ3) is 5.01. The van der Waals surface area contributed by atoms with Crippen LogP contribution in [0.3, 0.4) is 0 Å². The van der Waals surface area contributed by atoms with E-state index in [1.54, 1.807) is 7.11 Å². The second-order valence-electron chi connectivity index (χ2n) is 6.48. The molecular formula is C22H29NO3. The molecule has 0 aromatic heterocycles. The second kappa shape index (κ2) is 9.27. The second-order valence-corrected chi connectivity index (χ2v) is 6.48. The highest BCUT2D eigenvalue weighted by atomic mass is 16.5. The van der Waals surface area contributed by atoms with Crippen LogP contribution in [-0.2, 0) is 4.79 Å². The van der Waals surface area contributed by atoms with Crippen LogP contribution in [0.4, 0.5) is 0 Å². The van der Waals surface area contributed by atoms with Crippen molar-refractivity contribution in [2.75, 3.05) is 20.3 Å². The summed E-state index contributed by atoms with van der Waals surface area (Å²) in [4.78, 5) is 14.5. The molecule has 4 nitrogen and oxygen atoms in total. The van der Waals surface area contributed by atoms with Crippen LogP contribution in [-0.4, -0.2) is 31.1 Å². The first-order valence-corrected chi connectivity index (χ1v) is 9.09. The maximum absolute atomic E-state index is 12.7. The number of hydrogen-bond acceptors (Lipinski definition) is 3. The van der Waals surface area contributed by atoms with E-state index < -0.39 is 0 Å². The number of ether oxygens (including phenoxy) is 2. The predicted molar refractivity (Wildman–Crippen MR) is 105 cm³/mol. The Balaban J connectivity index is 1.95. The Hall–Kier alpha value is -2.49. The summed E-state index contributed by atoms with van der Waals surface area (Å²) in [6, 6.07) is 13.8. The van der Waals surface area contributed by atoms with Gasteiger partial charge >= 0.3 is 0 Å². The Morgan fingerprint density at radius 2 is 1.85 bits per heavy atom. The molecule has 4 heteroatoms. The monoisotopic (exact) mass is 355 g/mol. The average Bonchev–Trinajstić information content (AvgIpc) is 2.65. The van der Waals surface area contributed by atoms with Gasteiger partial charge in [0.1, 0.15) is 11.5 Å². The summed E-state index contributed by atoms with van der Waals surface area (Å²) >= 11 is 0. The lowest BCUT2D eigenvalue weighted by Gasteiger charge is -2.28. The van der Waals surface area contributed by atoms with Crippen molar-refractivity contribution in [3.05, 3.63) is 59.2 Å².